The zero-order valence-corrected chi connectivity index (χ0v) is 15.8. The maximum absolute atomic E-state index is 13.0. The Morgan fingerprint density at radius 1 is 1.07 bits per heavy atom. The van der Waals surface area contributed by atoms with Crippen LogP contribution in [0, 0.1) is 5.92 Å². The SMILES string of the molecule is CC(C)CC1C(=O)N(C(C)C(=O)O)C(=O)N1Cc1cccc2ccccc12. The molecule has 1 aliphatic heterocycles. The van der Waals surface area contributed by atoms with Gasteiger partial charge in [-0.1, -0.05) is 56.3 Å². The molecule has 27 heavy (non-hydrogen) atoms. The van der Waals surface area contributed by atoms with Crippen molar-refractivity contribution in [2.45, 2.75) is 45.8 Å². The van der Waals surface area contributed by atoms with Crippen molar-refractivity contribution in [1.82, 2.24) is 9.80 Å². The second-order valence-electron chi connectivity index (χ2n) is 7.42. The quantitative estimate of drug-likeness (QED) is 0.792. The molecule has 1 N–H and O–H groups in total. The third-order valence-electron chi connectivity index (χ3n) is 5.01. The van der Waals surface area contributed by atoms with Crippen molar-refractivity contribution in [3.63, 3.8) is 0 Å². The lowest BCUT2D eigenvalue weighted by Gasteiger charge is -2.24. The smallest absolute Gasteiger partial charge is 0.328 e. The van der Waals surface area contributed by atoms with Crippen LogP contribution in [0.4, 0.5) is 4.79 Å². The Morgan fingerprint density at radius 2 is 1.74 bits per heavy atom. The number of rotatable bonds is 6. The highest BCUT2D eigenvalue weighted by Gasteiger charge is 2.48. The number of carbonyl (C=O) groups is 3. The van der Waals surface area contributed by atoms with E-state index in [1.807, 2.05) is 56.3 Å². The molecule has 1 heterocycles. The minimum Gasteiger partial charge on any atom is -0.480 e. The minimum absolute atomic E-state index is 0.196. The van der Waals surface area contributed by atoms with Gasteiger partial charge in [0.15, 0.2) is 0 Å². The van der Waals surface area contributed by atoms with Crippen LogP contribution in [-0.2, 0) is 16.1 Å². The first-order valence-corrected chi connectivity index (χ1v) is 9.14. The number of fused-ring (bicyclic) bond motifs is 1. The van der Waals surface area contributed by atoms with Crippen molar-refractivity contribution < 1.29 is 19.5 Å². The highest BCUT2D eigenvalue weighted by atomic mass is 16.4. The average molecular weight is 368 g/mol. The van der Waals surface area contributed by atoms with E-state index in [1.165, 1.54) is 11.8 Å². The topological polar surface area (TPSA) is 77.9 Å². The van der Waals surface area contributed by atoms with Gasteiger partial charge in [0.25, 0.3) is 5.91 Å². The lowest BCUT2D eigenvalue weighted by atomic mass is 10.0. The Morgan fingerprint density at radius 3 is 2.41 bits per heavy atom. The number of benzene rings is 2. The van der Waals surface area contributed by atoms with Gasteiger partial charge in [-0.05, 0) is 35.6 Å². The van der Waals surface area contributed by atoms with Gasteiger partial charge in [-0.3, -0.25) is 4.79 Å². The summed E-state index contributed by atoms with van der Waals surface area (Å²) in [5.74, 6) is -1.42. The number of amides is 3. The third kappa shape index (κ3) is 3.52. The molecule has 142 valence electrons. The summed E-state index contributed by atoms with van der Waals surface area (Å²) in [6.45, 7) is 5.60. The molecule has 6 nitrogen and oxygen atoms in total. The lowest BCUT2D eigenvalue weighted by molar-refractivity contribution is -0.146. The molecule has 0 bridgehead atoms. The zero-order valence-electron chi connectivity index (χ0n) is 15.8. The molecule has 3 rings (SSSR count). The number of nitrogens with zero attached hydrogens (tertiary/aromatic N) is 2. The van der Waals surface area contributed by atoms with Crippen molar-refractivity contribution in [2.75, 3.05) is 0 Å². The van der Waals surface area contributed by atoms with Gasteiger partial charge >= 0.3 is 12.0 Å². The third-order valence-corrected chi connectivity index (χ3v) is 5.01. The maximum Gasteiger partial charge on any atom is 0.328 e. The Balaban J connectivity index is 1.98. The second-order valence-corrected chi connectivity index (χ2v) is 7.42. The molecule has 0 spiro atoms. The van der Waals surface area contributed by atoms with Crippen LogP contribution in [0.2, 0.25) is 0 Å². The first-order valence-electron chi connectivity index (χ1n) is 9.14. The van der Waals surface area contributed by atoms with E-state index in [9.17, 15) is 19.5 Å². The van der Waals surface area contributed by atoms with Crippen LogP contribution in [0.3, 0.4) is 0 Å². The number of carboxylic acids is 1. The van der Waals surface area contributed by atoms with Crippen molar-refractivity contribution in [1.29, 1.82) is 0 Å². The number of carboxylic acid groups (broad SMARTS) is 1. The summed E-state index contributed by atoms with van der Waals surface area (Å²) in [7, 11) is 0. The van der Waals surface area contributed by atoms with Crippen LogP contribution < -0.4 is 0 Å². The predicted octanol–water partition coefficient (Wildman–Crippen LogP) is 3.49. The number of hydrogen-bond acceptors (Lipinski definition) is 3. The van der Waals surface area contributed by atoms with Gasteiger partial charge in [0.2, 0.25) is 0 Å². The molecule has 2 atom stereocenters. The molecule has 0 aliphatic carbocycles. The van der Waals surface area contributed by atoms with E-state index < -0.39 is 30.0 Å². The van der Waals surface area contributed by atoms with E-state index in [0.29, 0.717) is 6.42 Å². The molecule has 6 heteroatoms. The minimum atomic E-state index is -1.19. The fourth-order valence-electron chi connectivity index (χ4n) is 3.59. The van der Waals surface area contributed by atoms with Gasteiger partial charge in [0.1, 0.15) is 12.1 Å². The van der Waals surface area contributed by atoms with Crippen LogP contribution in [-0.4, -0.2) is 44.9 Å². The molecule has 2 aromatic carbocycles. The van der Waals surface area contributed by atoms with Crippen LogP contribution in [0.15, 0.2) is 42.5 Å². The summed E-state index contributed by atoms with van der Waals surface area (Å²) in [6, 6.07) is 11.4. The first kappa shape index (κ1) is 18.9. The van der Waals surface area contributed by atoms with Crippen LogP contribution >= 0.6 is 0 Å². The fraction of sp³-hybridized carbons (Fsp3) is 0.381. The lowest BCUT2D eigenvalue weighted by Crippen LogP contribution is -2.44. The van der Waals surface area contributed by atoms with Gasteiger partial charge in [-0.15, -0.1) is 0 Å². The van der Waals surface area contributed by atoms with Crippen LogP contribution in [0.1, 0.15) is 32.8 Å². The summed E-state index contributed by atoms with van der Waals surface area (Å²) in [4.78, 5) is 39.6. The number of carbonyl (C=O) groups excluding carboxylic acids is 2. The number of urea groups is 1. The van der Waals surface area contributed by atoms with Crippen molar-refractivity contribution in [3.8, 4) is 0 Å². The normalized spacial score (nSPS) is 18.6. The highest BCUT2D eigenvalue weighted by molar-refractivity contribution is 6.06. The standard InChI is InChI=1S/C21H24N2O4/c1-13(2)11-18-19(24)23(14(3)20(25)26)21(27)22(18)12-16-9-6-8-15-7-4-5-10-17(15)16/h4-10,13-14,18H,11-12H2,1-3H3,(H,25,26). The second kappa shape index (κ2) is 7.39. The first-order chi connectivity index (χ1) is 12.8. The molecule has 1 fully saturated rings. The van der Waals surface area contributed by atoms with E-state index >= 15 is 0 Å². The van der Waals surface area contributed by atoms with Crippen LogP contribution in [0.5, 0.6) is 0 Å². The largest absolute Gasteiger partial charge is 0.480 e. The zero-order chi connectivity index (χ0) is 19.7. The van der Waals surface area contributed by atoms with Crippen molar-refractivity contribution in [2.24, 2.45) is 5.92 Å². The molecule has 2 unspecified atom stereocenters. The van der Waals surface area contributed by atoms with Crippen molar-refractivity contribution in [3.05, 3.63) is 48.0 Å². The van der Waals surface area contributed by atoms with E-state index in [1.54, 1.807) is 0 Å². The molecular formula is C21H24N2O4. The molecular weight excluding hydrogens is 344 g/mol. The summed E-state index contributed by atoms with van der Waals surface area (Å²) >= 11 is 0. The van der Waals surface area contributed by atoms with E-state index in [0.717, 1.165) is 21.2 Å². The Hall–Kier alpha value is -2.89. The van der Waals surface area contributed by atoms with Gasteiger partial charge in [0.05, 0.1) is 0 Å². The van der Waals surface area contributed by atoms with Gasteiger partial charge in [0, 0.05) is 6.54 Å². The molecule has 2 aromatic rings. The number of imide groups is 1. The van der Waals surface area contributed by atoms with Gasteiger partial charge in [-0.25, -0.2) is 14.5 Å². The Kier molecular flexibility index (Phi) is 5.17. The van der Waals surface area contributed by atoms with E-state index in [2.05, 4.69) is 0 Å². The molecule has 1 aliphatic rings. The van der Waals surface area contributed by atoms with Gasteiger partial charge < -0.3 is 10.0 Å². The maximum atomic E-state index is 13.0. The molecule has 3 amide bonds. The Labute approximate surface area is 158 Å². The van der Waals surface area contributed by atoms with Gasteiger partial charge in [-0.2, -0.15) is 0 Å². The number of hydrogen-bond donors (Lipinski definition) is 1. The number of aliphatic carboxylic acids is 1. The summed E-state index contributed by atoms with van der Waals surface area (Å²) in [5.41, 5.74) is 0.938. The fourth-order valence-corrected chi connectivity index (χ4v) is 3.59. The predicted molar refractivity (Wildman–Crippen MR) is 102 cm³/mol. The van der Waals surface area contributed by atoms with Crippen LogP contribution in [0.25, 0.3) is 10.8 Å². The molecule has 0 saturated carbocycles. The Bertz CT molecular complexity index is 887. The summed E-state index contributed by atoms with van der Waals surface area (Å²) < 4.78 is 0. The average Bonchev–Trinajstić information content (AvgIpc) is 2.85. The molecule has 0 aromatic heterocycles. The monoisotopic (exact) mass is 368 g/mol. The molecule has 0 radical (unpaired) electrons. The highest BCUT2D eigenvalue weighted by Crippen LogP contribution is 2.29. The summed E-state index contributed by atoms with van der Waals surface area (Å²) in [6.07, 6.45) is 0.498. The molecule has 1 saturated heterocycles. The van der Waals surface area contributed by atoms with E-state index in [4.69, 9.17) is 0 Å². The van der Waals surface area contributed by atoms with E-state index in [-0.39, 0.29) is 12.5 Å². The van der Waals surface area contributed by atoms with Crippen molar-refractivity contribution >= 4 is 28.7 Å². The summed E-state index contributed by atoms with van der Waals surface area (Å²) in [5, 5.41) is 11.4.